The van der Waals surface area contributed by atoms with Crippen molar-refractivity contribution < 1.29 is 38.0 Å². The van der Waals surface area contributed by atoms with E-state index >= 15 is 0 Å². The average Bonchev–Trinajstić information content (AvgIpc) is 2.85. The lowest BCUT2D eigenvalue weighted by atomic mass is 10.1. The van der Waals surface area contributed by atoms with Gasteiger partial charge in [0.15, 0.2) is 6.10 Å². The molecule has 35 heavy (non-hydrogen) atoms. The summed E-state index contributed by atoms with van der Waals surface area (Å²) in [5.74, 6) is -0.148. The highest BCUT2D eigenvalue weighted by Gasteiger charge is 2.18. The molecule has 0 saturated carbocycles. The van der Waals surface area contributed by atoms with Crippen LogP contribution in [0, 0.1) is 5.82 Å². The molecule has 0 aliphatic carbocycles. The van der Waals surface area contributed by atoms with E-state index in [-0.39, 0.29) is 18.8 Å². The maximum atomic E-state index is 13.0. The van der Waals surface area contributed by atoms with E-state index in [9.17, 15) is 19.1 Å². The summed E-state index contributed by atoms with van der Waals surface area (Å²) in [7, 11) is 0. The summed E-state index contributed by atoms with van der Waals surface area (Å²) < 4.78 is 34.9. The van der Waals surface area contributed by atoms with Crippen molar-refractivity contribution in [3.63, 3.8) is 0 Å². The van der Waals surface area contributed by atoms with Gasteiger partial charge in [0.25, 0.3) is 0 Å². The second-order valence-corrected chi connectivity index (χ2v) is 7.74. The zero-order chi connectivity index (χ0) is 25.5. The van der Waals surface area contributed by atoms with E-state index in [1.165, 1.54) is 12.1 Å². The number of rotatable bonds is 16. The highest BCUT2D eigenvalue weighted by Crippen LogP contribution is 2.15. The molecule has 1 atom stereocenters. The monoisotopic (exact) mass is 491 g/mol. The molecule has 0 aliphatic heterocycles. The molecule has 1 unspecified atom stereocenters. The predicted molar refractivity (Wildman–Crippen MR) is 128 cm³/mol. The molecule has 0 spiro atoms. The van der Waals surface area contributed by atoms with Crippen LogP contribution >= 0.6 is 0 Å². The lowest BCUT2D eigenvalue weighted by molar-refractivity contribution is -0.149. The fourth-order valence-corrected chi connectivity index (χ4v) is 3.18. The number of ether oxygens (including phenoxy) is 4. The minimum absolute atomic E-state index is 0.260. The number of benzene rings is 2. The molecule has 0 fully saturated rings. The maximum Gasteiger partial charge on any atom is 0.409 e. The molecule has 0 bridgehead atoms. The van der Waals surface area contributed by atoms with E-state index in [1.807, 2.05) is 6.92 Å². The van der Waals surface area contributed by atoms with Crippen LogP contribution in [0.3, 0.4) is 0 Å². The number of carbonyl (C=O) groups is 2. The summed E-state index contributed by atoms with van der Waals surface area (Å²) in [5, 5.41) is 9.22. The highest BCUT2D eigenvalue weighted by molar-refractivity contribution is 5.72. The number of aliphatic carboxylic acids is 1. The number of nitrogens with zero attached hydrogens (tertiary/aromatic N) is 1. The smallest absolute Gasteiger partial charge is 0.409 e. The molecule has 0 aliphatic rings. The normalized spacial score (nSPS) is 11.5. The molecule has 0 aromatic heterocycles. The summed E-state index contributed by atoms with van der Waals surface area (Å²) in [6.45, 7) is 5.71. The molecular weight excluding hydrogens is 457 g/mol. The van der Waals surface area contributed by atoms with Gasteiger partial charge in [-0.25, -0.2) is 14.0 Å². The summed E-state index contributed by atoms with van der Waals surface area (Å²) in [6, 6.07) is 12.9. The molecule has 2 aromatic rings. The van der Waals surface area contributed by atoms with E-state index in [4.69, 9.17) is 18.9 Å². The number of hydrogen-bond donors (Lipinski definition) is 1. The number of carboxylic acid groups (broad SMARTS) is 1. The van der Waals surface area contributed by atoms with E-state index < -0.39 is 18.2 Å². The Balaban J connectivity index is 1.81. The molecule has 1 amide bonds. The van der Waals surface area contributed by atoms with Gasteiger partial charge in [-0.3, -0.25) is 0 Å². The van der Waals surface area contributed by atoms with Gasteiger partial charge in [-0.1, -0.05) is 19.1 Å². The number of hydrogen-bond acceptors (Lipinski definition) is 6. The summed E-state index contributed by atoms with van der Waals surface area (Å²) in [5.41, 5.74) is 0.823. The third-order valence-corrected chi connectivity index (χ3v) is 4.96. The molecular formula is C26H34FNO7. The largest absolute Gasteiger partial charge is 0.494 e. The Bertz CT molecular complexity index is 890. The minimum Gasteiger partial charge on any atom is -0.494 e. The Morgan fingerprint density at radius 3 is 2.14 bits per heavy atom. The first-order chi connectivity index (χ1) is 16.9. The second kappa shape index (κ2) is 15.5. The molecule has 2 rings (SSSR count). The number of carboxylic acids is 1. The van der Waals surface area contributed by atoms with Crippen LogP contribution in [0.1, 0.15) is 32.3 Å². The van der Waals surface area contributed by atoms with Crippen LogP contribution in [0.15, 0.2) is 48.5 Å². The van der Waals surface area contributed by atoms with Crippen LogP contribution in [-0.4, -0.2) is 67.7 Å². The maximum absolute atomic E-state index is 13.0. The molecule has 2 aromatic carbocycles. The van der Waals surface area contributed by atoms with E-state index in [0.717, 1.165) is 12.0 Å². The zero-order valence-corrected chi connectivity index (χ0v) is 20.3. The molecule has 8 nitrogen and oxygen atoms in total. The Labute approximate surface area is 205 Å². The first-order valence-corrected chi connectivity index (χ1v) is 11.8. The van der Waals surface area contributed by atoms with Crippen molar-refractivity contribution in [2.75, 3.05) is 39.5 Å². The van der Waals surface area contributed by atoms with E-state index in [0.29, 0.717) is 50.8 Å². The summed E-state index contributed by atoms with van der Waals surface area (Å²) in [4.78, 5) is 25.2. The van der Waals surface area contributed by atoms with Crippen molar-refractivity contribution >= 4 is 12.1 Å². The predicted octanol–water partition coefficient (Wildman–Crippen LogP) is 4.55. The SMILES string of the molecule is CCCOC(=O)N(CCCOc1ccc(F)cc1)CCOc1ccc(CC(OCC)C(=O)O)cc1. The third-order valence-electron chi connectivity index (χ3n) is 4.96. The Kier molecular flexibility index (Phi) is 12.4. The number of amides is 1. The lowest BCUT2D eigenvalue weighted by Crippen LogP contribution is -2.36. The summed E-state index contributed by atoms with van der Waals surface area (Å²) >= 11 is 0. The van der Waals surface area contributed by atoms with Gasteiger partial charge >= 0.3 is 12.1 Å². The summed E-state index contributed by atoms with van der Waals surface area (Å²) in [6.07, 6.45) is 0.255. The van der Waals surface area contributed by atoms with Crippen LogP contribution in [0.5, 0.6) is 11.5 Å². The van der Waals surface area contributed by atoms with Crippen LogP contribution in [-0.2, 0) is 20.7 Å². The number of carbonyl (C=O) groups excluding carboxylic acids is 1. The number of halogens is 1. The Hall–Kier alpha value is -3.33. The van der Waals surface area contributed by atoms with Gasteiger partial charge < -0.3 is 29.0 Å². The zero-order valence-electron chi connectivity index (χ0n) is 20.3. The first-order valence-electron chi connectivity index (χ1n) is 11.8. The van der Waals surface area contributed by atoms with Gasteiger partial charge in [-0.05, 0) is 61.7 Å². The molecule has 0 radical (unpaired) electrons. The van der Waals surface area contributed by atoms with Crippen LogP contribution in [0.2, 0.25) is 0 Å². The fourth-order valence-electron chi connectivity index (χ4n) is 3.18. The first kappa shape index (κ1) is 27.9. The van der Waals surface area contributed by atoms with Gasteiger partial charge in [0.2, 0.25) is 0 Å². The standard InChI is InChI=1S/C26H34FNO7/c1-3-16-35-26(31)28(14-5-17-33-23-12-8-21(27)9-13-23)15-18-34-22-10-6-20(7-11-22)19-24(25(29)30)32-4-2/h6-13,24H,3-5,14-19H2,1-2H3,(H,29,30). The van der Waals surface area contributed by atoms with Crippen molar-refractivity contribution in [2.45, 2.75) is 39.2 Å². The van der Waals surface area contributed by atoms with Gasteiger partial charge in [-0.2, -0.15) is 0 Å². The minimum atomic E-state index is -0.995. The molecule has 0 saturated heterocycles. The van der Waals surface area contributed by atoms with Gasteiger partial charge in [0, 0.05) is 19.6 Å². The quantitative estimate of drug-likeness (QED) is 0.344. The van der Waals surface area contributed by atoms with Gasteiger partial charge in [-0.15, -0.1) is 0 Å². The van der Waals surface area contributed by atoms with Crippen molar-refractivity contribution in [3.05, 3.63) is 59.9 Å². The molecule has 9 heteroatoms. The van der Waals surface area contributed by atoms with Crippen LogP contribution in [0.25, 0.3) is 0 Å². The van der Waals surface area contributed by atoms with Crippen molar-refractivity contribution in [2.24, 2.45) is 0 Å². The van der Waals surface area contributed by atoms with Crippen molar-refractivity contribution in [1.29, 1.82) is 0 Å². The lowest BCUT2D eigenvalue weighted by Gasteiger charge is -2.22. The van der Waals surface area contributed by atoms with E-state index in [2.05, 4.69) is 0 Å². The third kappa shape index (κ3) is 10.6. The van der Waals surface area contributed by atoms with Crippen LogP contribution in [0.4, 0.5) is 9.18 Å². The Morgan fingerprint density at radius 1 is 0.914 bits per heavy atom. The highest BCUT2D eigenvalue weighted by atomic mass is 19.1. The molecule has 192 valence electrons. The second-order valence-electron chi connectivity index (χ2n) is 7.74. The topological polar surface area (TPSA) is 94.5 Å². The van der Waals surface area contributed by atoms with Crippen molar-refractivity contribution in [1.82, 2.24) is 4.90 Å². The molecule has 1 N–H and O–H groups in total. The van der Waals surface area contributed by atoms with Gasteiger partial charge in [0.05, 0.1) is 19.8 Å². The van der Waals surface area contributed by atoms with Crippen molar-refractivity contribution in [3.8, 4) is 11.5 Å². The average molecular weight is 492 g/mol. The van der Waals surface area contributed by atoms with E-state index in [1.54, 1.807) is 48.2 Å². The van der Waals surface area contributed by atoms with Gasteiger partial charge in [0.1, 0.15) is 23.9 Å². The Morgan fingerprint density at radius 2 is 1.54 bits per heavy atom. The fraction of sp³-hybridized carbons (Fsp3) is 0.462. The molecule has 0 heterocycles. The van der Waals surface area contributed by atoms with Crippen LogP contribution < -0.4 is 9.47 Å².